The molecule has 2 heterocycles. The Bertz CT molecular complexity index is 766. The van der Waals surface area contributed by atoms with Crippen LogP contribution in [0.15, 0.2) is 42.7 Å². The molecule has 1 aliphatic rings. The fraction of sp³-hybridized carbons (Fsp3) is 0.455. The zero-order valence-corrected chi connectivity index (χ0v) is 16.6. The highest BCUT2D eigenvalue weighted by Gasteiger charge is 2.23. The van der Waals surface area contributed by atoms with Gasteiger partial charge in [-0.05, 0) is 55.6 Å². The predicted molar refractivity (Wildman–Crippen MR) is 110 cm³/mol. The highest BCUT2D eigenvalue weighted by Crippen LogP contribution is 2.26. The Hall–Kier alpha value is -2.44. The minimum atomic E-state index is 0.0424. The largest absolute Gasteiger partial charge is 0.455 e. The van der Waals surface area contributed by atoms with Crippen molar-refractivity contribution in [3.05, 3.63) is 53.9 Å². The molecule has 0 bridgehead atoms. The number of piperidine rings is 1. The molecule has 2 aromatic rings. The van der Waals surface area contributed by atoms with Gasteiger partial charge in [-0.2, -0.15) is 0 Å². The minimum absolute atomic E-state index is 0.0424. The lowest BCUT2D eigenvalue weighted by Crippen LogP contribution is -2.46. The van der Waals surface area contributed by atoms with Gasteiger partial charge in [0.2, 0.25) is 5.91 Å². The lowest BCUT2D eigenvalue weighted by molar-refractivity contribution is -0.121. The first kappa shape index (κ1) is 20.3. The number of carbonyl (C=O) groups excluding carboxylic acids is 1. The molecular formula is C22H30N4O2. The molecule has 28 heavy (non-hydrogen) atoms. The predicted octanol–water partition coefficient (Wildman–Crippen LogP) is 3.00. The van der Waals surface area contributed by atoms with Crippen molar-refractivity contribution < 1.29 is 9.53 Å². The van der Waals surface area contributed by atoms with Crippen LogP contribution < -0.4 is 15.8 Å². The molecule has 6 heteroatoms. The van der Waals surface area contributed by atoms with Gasteiger partial charge in [0, 0.05) is 38.3 Å². The molecule has 0 spiro atoms. The van der Waals surface area contributed by atoms with Crippen molar-refractivity contribution in [3.8, 4) is 11.5 Å². The van der Waals surface area contributed by atoms with Crippen LogP contribution in [0.3, 0.4) is 0 Å². The van der Waals surface area contributed by atoms with Crippen LogP contribution in [0.25, 0.3) is 0 Å². The lowest BCUT2D eigenvalue weighted by Gasteiger charge is -2.36. The third-order valence-corrected chi connectivity index (χ3v) is 5.14. The SMILES string of the molecule is Cc1cc(CN2CCCCC2CNC(=O)CCN)ccc1Oc1cccnc1. The van der Waals surface area contributed by atoms with Gasteiger partial charge in [-0.25, -0.2) is 0 Å². The zero-order chi connectivity index (χ0) is 19.8. The van der Waals surface area contributed by atoms with Crippen LogP contribution in [0.2, 0.25) is 0 Å². The second-order valence-electron chi connectivity index (χ2n) is 7.35. The van der Waals surface area contributed by atoms with Crippen LogP contribution in [-0.4, -0.2) is 41.5 Å². The third kappa shape index (κ3) is 5.78. The molecule has 0 saturated carbocycles. The minimum Gasteiger partial charge on any atom is -0.455 e. The number of nitrogens with one attached hydrogen (secondary N) is 1. The molecule has 6 nitrogen and oxygen atoms in total. The third-order valence-electron chi connectivity index (χ3n) is 5.14. The number of aryl methyl sites for hydroxylation is 1. The van der Waals surface area contributed by atoms with Gasteiger partial charge in [0.25, 0.3) is 0 Å². The standard InChI is InChI=1S/C22H30N4O2/c1-17-13-18(7-8-21(17)28-20-6-4-11-24-15-20)16-26-12-3-2-5-19(26)14-25-22(27)9-10-23/h4,6-8,11,13,15,19H,2-3,5,9-10,12,14,16,23H2,1H3,(H,25,27). The van der Waals surface area contributed by atoms with E-state index in [1.807, 2.05) is 18.2 Å². The van der Waals surface area contributed by atoms with Crippen molar-refractivity contribution >= 4 is 5.91 Å². The molecule has 3 N–H and O–H groups in total. The summed E-state index contributed by atoms with van der Waals surface area (Å²) in [6, 6.07) is 10.5. The summed E-state index contributed by atoms with van der Waals surface area (Å²) in [5, 5.41) is 3.03. The van der Waals surface area contributed by atoms with Crippen LogP contribution in [0, 0.1) is 6.92 Å². The molecule has 150 valence electrons. The van der Waals surface area contributed by atoms with Crippen molar-refractivity contribution in [3.63, 3.8) is 0 Å². The smallest absolute Gasteiger partial charge is 0.221 e. The average Bonchev–Trinajstić information content (AvgIpc) is 2.70. The molecule has 1 fully saturated rings. The number of aromatic nitrogens is 1. The number of rotatable bonds is 8. The summed E-state index contributed by atoms with van der Waals surface area (Å²) in [5.41, 5.74) is 7.82. The van der Waals surface area contributed by atoms with Crippen LogP contribution >= 0.6 is 0 Å². The Morgan fingerprint density at radius 3 is 3.00 bits per heavy atom. The van der Waals surface area contributed by atoms with Crippen LogP contribution in [0.1, 0.15) is 36.8 Å². The Labute approximate surface area is 167 Å². The fourth-order valence-corrected chi connectivity index (χ4v) is 3.64. The van der Waals surface area contributed by atoms with E-state index < -0.39 is 0 Å². The Morgan fingerprint density at radius 1 is 1.36 bits per heavy atom. The molecule has 1 aromatic heterocycles. The second-order valence-corrected chi connectivity index (χ2v) is 7.35. The highest BCUT2D eigenvalue weighted by atomic mass is 16.5. The van der Waals surface area contributed by atoms with Crippen LogP contribution in [0.4, 0.5) is 0 Å². The van der Waals surface area contributed by atoms with Gasteiger partial charge in [-0.3, -0.25) is 14.7 Å². The van der Waals surface area contributed by atoms with E-state index in [0.717, 1.165) is 36.6 Å². The average molecular weight is 383 g/mol. The molecule has 1 aliphatic heterocycles. The number of nitrogens with two attached hydrogens (primary N) is 1. The van der Waals surface area contributed by atoms with E-state index in [1.165, 1.54) is 18.4 Å². The maximum absolute atomic E-state index is 11.8. The van der Waals surface area contributed by atoms with Crippen LogP contribution in [0.5, 0.6) is 11.5 Å². The maximum Gasteiger partial charge on any atom is 0.221 e. The molecule has 1 amide bonds. The molecule has 3 rings (SSSR count). The molecule has 0 aliphatic carbocycles. The van der Waals surface area contributed by atoms with Crippen molar-refractivity contribution in [2.75, 3.05) is 19.6 Å². The van der Waals surface area contributed by atoms with E-state index in [4.69, 9.17) is 10.5 Å². The maximum atomic E-state index is 11.8. The summed E-state index contributed by atoms with van der Waals surface area (Å²) in [4.78, 5) is 18.3. The summed E-state index contributed by atoms with van der Waals surface area (Å²) >= 11 is 0. The molecular weight excluding hydrogens is 352 g/mol. The van der Waals surface area contributed by atoms with Gasteiger partial charge in [-0.15, -0.1) is 0 Å². The number of pyridine rings is 1. The second kappa shape index (κ2) is 10.2. The number of carbonyl (C=O) groups is 1. The monoisotopic (exact) mass is 382 g/mol. The normalized spacial score (nSPS) is 17.3. The number of likely N-dealkylation sites (tertiary alicyclic amines) is 1. The van der Waals surface area contributed by atoms with Crippen molar-refractivity contribution in [2.45, 2.75) is 45.2 Å². The van der Waals surface area contributed by atoms with E-state index in [9.17, 15) is 4.79 Å². The summed E-state index contributed by atoms with van der Waals surface area (Å²) in [5.74, 6) is 1.63. The molecule has 0 radical (unpaired) electrons. The topological polar surface area (TPSA) is 80.5 Å². The number of benzene rings is 1. The molecule has 1 saturated heterocycles. The van der Waals surface area contributed by atoms with E-state index in [0.29, 0.717) is 25.6 Å². The van der Waals surface area contributed by atoms with Gasteiger partial charge >= 0.3 is 0 Å². The van der Waals surface area contributed by atoms with E-state index in [-0.39, 0.29) is 5.91 Å². The Balaban J connectivity index is 1.61. The fourth-order valence-electron chi connectivity index (χ4n) is 3.64. The number of nitrogens with zero attached hydrogens (tertiary/aromatic N) is 2. The van der Waals surface area contributed by atoms with E-state index in [2.05, 4.69) is 34.3 Å². The summed E-state index contributed by atoms with van der Waals surface area (Å²) in [6.07, 6.45) is 7.37. The van der Waals surface area contributed by atoms with E-state index in [1.54, 1.807) is 12.4 Å². The number of hydrogen-bond acceptors (Lipinski definition) is 5. The van der Waals surface area contributed by atoms with Gasteiger partial charge < -0.3 is 15.8 Å². The first-order valence-electron chi connectivity index (χ1n) is 10.0. The summed E-state index contributed by atoms with van der Waals surface area (Å²) < 4.78 is 5.93. The summed E-state index contributed by atoms with van der Waals surface area (Å²) in [7, 11) is 0. The number of ether oxygens (including phenoxy) is 1. The Kier molecular flexibility index (Phi) is 7.39. The van der Waals surface area contributed by atoms with Gasteiger partial charge in [0.05, 0.1) is 6.20 Å². The van der Waals surface area contributed by atoms with Crippen molar-refractivity contribution in [1.82, 2.24) is 15.2 Å². The van der Waals surface area contributed by atoms with Gasteiger partial charge in [-0.1, -0.05) is 18.6 Å². The Morgan fingerprint density at radius 2 is 2.25 bits per heavy atom. The number of amides is 1. The highest BCUT2D eigenvalue weighted by molar-refractivity contribution is 5.76. The number of hydrogen-bond donors (Lipinski definition) is 2. The summed E-state index contributed by atoms with van der Waals surface area (Å²) in [6.45, 7) is 5.10. The van der Waals surface area contributed by atoms with E-state index >= 15 is 0 Å². The zero-order valence-electron chi connectivity index (χ0n) is 16.6. The quantitative estimate of drug-likeness (QED) is 0.734. The first-order chi connectivity index (χ1) is 13.7. The molecule has 1 aromatic carbocycles. The lowest BCUT2D eigenvalue weighted by atomic mass is 10.0. The first-order valence-corrected chi connectivity index (χ1v) is 10.0. The van der Waals surface area contributed by atoms with Gasteiger partial charge in [0.1, 0.15) is 11.5 Å². The van der Waals surface area contributed by atoms with Crippen molar-refractivity contribution in [1.29, 1.82) is 0 Å². The molecule has 1 unspecified atom stereocenters. The molecule has 1 atom stereocenters. The van der Waals surface area contributed by atoms with Gasteiger partial charge in [0.15, 0.2) is 0 Å². The van der Waals surface area contributed by atoms with Crippen LogP contribution in [-0.2, 0) is 11.3 Å². The van der Waals surface area contributed by atoms with Crippen molar-refractivity contribution in [2.24, 2.45) is 5.73 Å².